The van der Waals surface area contributed by atoms with Gasteiger partial charge in [-0.15, -0.1) is 0 Å². The molecule has 0 aliphatic carbocycles. The van der Waals surface area contributed by atoms with Crippen molar-refractivity contribution in [2.75, 3.05) is 11.9 Å². The maximum absolute atomic E-state index is 11.9. The molecule has 0 bridgehead atoms. The molecule has 1 aromatic carbocycles. The highest BCUT2D eigenvalue weighted by atomic mass is 19.4. The molecule has 0 aliphatic heterocycles. The van der Waals surface area contributed by atoms with Crippen LogP contribution in [0.25, 0.3) is 0 Å². The molecule has 3 N–H and O–H groups in total. The van der Waals surface area contributed by atoms with Gasteiger partial charge in [0.1, 0.15) is 12.7 Å². The molecule has 1 amide bonds. The number of carbonyl (C=O) groups excluding carboxylic acids is 1. The van der Waals surface area contributed by atoms with Gasteiger partial charge in [-0.1, -0.05) is 12.1 Å². The van der Waals surface area contributed by atoms with E-state index in [1.54, 1.807) is 24.3 Å². The third-order valence-corrected chi connectivity index (χ3v) is 2.30. The SMILES string of the molecule is CC(OCC(F)(F)F)C(=O)Nc1cccc(CN)c1. The van der Waals surface area contributed by atoms with Gasteiger partial charge in [0.15, 0.2) is 0 Å². The number of halogens is 3. The molecule has 0 saturated heterocycles. The molecule has 4 nitrogen and oxygen atoms in total. The Bertz CT molecular complexity index is 435. The number of hydrogen-bond acceptors (Lipinski definition) is 3. The minimum absolute atomic E-state index is 0.309. The summed E-state index contributed by atoms with van der Waals surface area (Å²) in [7, 11) is 0. The zero-order valence-corrected chi connectivity index (χ0v) is 10.3. The Labute approximate surface area is 108 Å². The summed E-state index contributed by atoms with van der Waals surface area (Å²) in [4.78, 5) is 11.6. The zero-order chi connectivity index (χ0) is 14.5. The van der Waals surface area contributed by atoms with Crippen molar-refractivity contribution in [3.8, 4) is 0 Å². The molecular weight excluding hydrogens is 261 g/mol. The molecule has 19 heavy (non-hydrogen) atoms. The number of hydrogen-bond donors (Lipinski definition) is 2. The molecule has 1 aromatic rings. The Morgan fingerprint density at radius 1 is 1.47 bits per heavy atom. The van der Waals surface area contributed by atoms with Gasteiger partial charge < -0.3 is 15.8 Å². The Hall–Kier alpha value is -1.60. The average molecular weight is 276 g/mol. The van der Waals surface area contributed by atoms with Gasteiger partial charge in [0.25, 0.3) is 5.91 Å². The molecule has 1 rings (SSSR count). The molecule has 0 fully saturated rings. The Kier molecular flexibility index (Phi) is 5.31. The largest absolute Gasteiger partial charge is 0.411 e. The highest BCUT2D eigenvalue weighted by molar-refractivity contribution is 5.93. The maximum atomic E-state index is 11.9. The fourth-order valence-corrected chi connectivity index (χ4v) is 1.32. The summed E-state index contributed by atoms with van der Waals surface area (Å²) in [6, 6.07) is 6.74. The van der Waals surface area contributed by atoms with Gasteiger partial charge in [-0.2, -0.15) is 13.2 Å². The van der Waals surface area contributed by atoms with Crippen LogP contribution < -0.4 is 11.1 Å². The molecular formula is C12H15F3N2O2. The standard InChI is InChI=1S/C12H15F3N2O2/c1-8(19-7-12(13,14)15)11(18)17-10-4-2-3-9(5-10)6-16/h2-5,8H,6-7,16H2,1H3,(H,17,18). The third kappa shape index (κ3) is 5.71. The minimum atomic E-state index is -4.45. The number of nitrogens with two attached hydrogens (primary N) is 1. The molecule has 0 spiro atoms. The van der Waals surface area contributed by atoms with E-state index in [1.807, 2.05) is 0 Å². The molecule has 1 unspecified atom stereocenters. The second-order valence-electron chi connectivity index (χ2n) is 3.96. The lowest BCUT2D eigenvalue weighted by Crippen LogP contribution is -2.31. The van der Waals surface area contributed by atoms with Gasteiger partial charge in [-0.3, -0.25) is 4.79 Å². The van der Waals surface area contributed by atoms with Crippen molar-refractivity contribution in [1.29, 1.82) is 0 Å². The summed E-state index contributed by atoms with van der Waals surface area (Å²) >= 11 is 0. The normalized spacial score (nSPS) is 13.1. The molecule has 0 heterocycles. The van der Waals surface area contributed by atoms with E-state index in [1.165, 1.54) is 6.92 Å². The van der Waals surface area contributed by atoms with Crippen LogP contribution in [0.2, 0.25) is 0 Å². The molecule has 7 heteroatoms. The van der Waals surface area contributed by atoms with Crippen LogP contribution in [0.15, 0.2) is 24.3 Å². The minimum Gasteiger partial charge on any atom is -0.359 e. The Balaban J connectivity index is 2.53. The number of anilines is 1. The van der Waals surface area contributed by atoms with Gasteiger partial charge in [0.05, 0.1) is 0 Å². The quantitative estimate of drug-likeness (QED) is 0.865. The topological polar surface area (TPSA) is 64.3 Å². The van der Waals surface area contributed by atoms with E-state index in [2.05, 4.69) is 10.1 Å². The average Bonchev–Trinajstić information content (AvgIpc) is 2.35. The molecule has 0 saturated carbocycles. The number of benzene rings is 1. The Morgan fingerprint density at radius 3 is 2.74 bits per heavy atom. The maximum Gasteiger partial charge on any atom is 0.411 e. The number of nitrogens with one attached hydrogen (secondary N) is 1. The van der Waals surface area contributed by atoms with E-state index in [4.69, 9.17) is 5.73 Å². The van der Waals surface area contributed by atoms with Crippen LogP contribution in [-0.2, 0) is 16.1 Å². The Morgan fingerprint density at radius 2 is 2.16 bits per heavy atom. The fraction of sp³-hybridized carbons (Fsp3) is 0.417. The number of rotatable bonds is 5. The van der Waals surface area contributed by atoms with Crippen LogP contribution in [0.5, 0.6) is 0 Å². The van der Waals surface area contributed by atoms with E-state index in [0.29, 0.717) is 12.2 Å². The first-order chi connectivity index (χ1) is 8.81. The summed E-state index contributed by atoms with van der Waals surface area (Å²) < 4.78 is 40.2. The van der Waals surface area contributed by atoms with Gasteiger partial charge in [0, 0.05) is 12.2 Å². The summed E-state index contributed by atoms with van der Waals surface area (Å²) in [5.74, 6) is -0.640. The van der Waals surface area contributed by atoms with Crippen molar-refractivity contribution in [3.63, 3.8) is 0 Å². The lowest BCUT2D eigenvalue weighted by atomic mass is 10.2. The molecule has 0 radical (unpaired) electrons. The van der Waals surface area contributed by atoms with E-state index >= 15 is 0 Å². The summed E-state index contributed by atoms with van der Waals surface area (Å²) in [6.07, 6.45) is -5.64. The molecule has 0 aliphatic rings. The van der Waals surface area contributed by atoms with Crippen molar-refractivity contribution in [2.45, 2.75) is 25.7 Å². The first-order valence-electron chi connectivity index (χ1n) is 5.60. The number of ether oxygens (including phenoxy) is 1. The monoisotopic (exact) mass is 276 g/mol. The fourth-order valence-electron chi connectivity index (χ4n) is 1.32. The molecule has 0 aromatic heterocycles. The van der Waals surface area contributed by atoms with Crippen molar-refractivity contribution < 1.29 is 22.7 Å². The molecule has 1 atom stereocenters. The lowest BCUT2D eigenvalue weighted by Gasteiger charge is -2.15. The second kappa shape index (κ2) is 6.53. The highest BCUT2D eigenvalue weighted by Crippen LogP contribution is 2.16. The van der Waals surface area contributed by atoms with Crippen LogP contribution >= 0.6 is 0 Å². The van der Waals surface area contributed by atoms with Gasteiger partial charge in [0.2, 0.25) is 0 Å². The van der Waals surface area contributed by atoms with Gasteiger partial charge in [-0.25, -0.2) is 0 Å². The lowest BCUT2D eigenvalue weighted by molar-refractivity contribution is -0.184. The van der Waals surface area contributed by atoms with Gasteiger partial charge in [-0.05, 0) is 24.6 Å². The summed E-state index contributed by atoms with van der Waals surface area (Å²) in [5.41, 5.74) is 6.72. The first-order valence-corrected chi connectivity index (χ1v) is 5.60. The van der Waals surface area contributed by atoms with Crippen LogP contribution in [-0.4, -0.2) is 24.8 Å². The zero-order valence-electron chi connectivity index (χ0n) is 10.3. The van der Waals surface area contributed by atoms with Crippen LogP contribution in [0.1, 0.15) is 12.5 Å². The van der Waals surface area contributed by atoms with Crippen LogP contribution in [0.4, 0.5) is 18.9 Å². The van der Waals surface area contributed by atoms with Crippen molar-refractivity contribution in [1.82, 2.24) is 0 Å². The van der Waals surface area contributed by atoms with Gasteiger partial charge >= 0.3 is 6.18 Å². The van der Waals surface area contributed by atoms with E-state index in [-0.39, 0.29) is 0 Å². The number of carbonyl (C=O) groups is 1. The predicted octanol–water partition coefficient (Wildman–Crippen LogP) is 2.05. The van der Waals surface area contributed by atoms with Crippen molar-refractivity contribution in [3.05, 3.63) is 29.8 Å². The van der Waals surface area contributed by atoms with E-state index in [0.717, 1.165) is 5.56 Å². The van der Waals surface area contributed by atoms with Crippen molar-refractivity contribution >= 4 is 11.6 Å². The third-order valence-electron chi connectivity index (χ3n) is 2.30. The summed E-state index contributed by atoms with van der Waals surface area (Å²) in [6.45, 7) is 0.113. The smallest absolute Gasteiger partial charge is 0.359 e. The summed E-state index contributed by atoms with van der Waals surface area (Å²) in [5, 5.41) is 2.47. The van der Waals surface area contributed by atoms with Crippen LogP contribution in [0, 0.1) is 0 Å². The first kappa shape index (κ1) is 15.5. The van der Waals surface area contributed by atoms with E-state index < -0.39 is 24.8 Å². The van der Waals surface area contributed by atoms with Crippen molar-refractivity contribution in [2.24, 2.45) is 5.73 Å². The second-order valence-corrected chi connectivity index (χ2v) is 3.96. The number of amides is 1. The van der Waals surface area contributed by atoms with E-state index in [9.17, 15) is 18.0 Å². The van der Waals surface area contributed by atoms with Crippen LogP contribution in [0.3, 0.4) is 0 Å². The predicted molar refractivity (Wildman–Crippen MR) is 64.4 cm³/mol. The molecule has 106 valence electrons. The number of alkyl halides is 3. The highest BCUT2D eigenvalue weighted by Gasteiger charge is 2.29.